The van der Waals surface area contributed by atoms with E-state index in [2.05, 4.69) is 33.0 Å². The number of rotatable bonds is 3. The highest BCUT2D eigenvalue weighted by Crippen LogP contribution is 2.30. The second kappa shape index (κ2) is 4.94. The summed E-state index contributed by atoms with van der Waals surface area (Å²) in [6, 6.07) is 0. The Balaban J connectivity index is 2.63. The molecule has 0 aliphatic carbocycles. The highest BCUT2D eigenvalue weighted by molar-refractivity contribution is 5.72. The van der Waals surface area contributed by atoms with Gasteiger partial charge in [-0.15, -0.1) is 0 Å². The van der Waals surface area contributed by atoms with E-state index in [1.807, 2.05) is 0 Å². The Morgan fingerprint density at radius 1 is 1.35 bits per heavy atom. The van der Waals surface area contributed by atoms with E-state index in [1.165, 1.54) is 0 Å². The number of nitrogens with one attached hydrogen (secondary N) is 1. The molecule has 1 fully saturated rings. The summed E-state index contributed by atoms with van der Waals surface area (Å²) in [6.07, 6.45) is 1.68. The molecule has 0 aromatic heterocycles. The molecule has 0 radical (unpaired) electrons. The molecule has 4 nitrogen and oxygen atoms in total. The van der Waals surface area contributed by atoms with Crippen LogP contribution in [-0.2, 0) is 9.53 Å². The molecule has 0 spiro atoms. The maximum Gasteiger partial charge on any atom is 0.310 e. The van der Waals surface area contributed by atoms with Crippen LogP contribution in [0.25, 0.3) is 0 Å². The summed E-state index contributed by atoms with van der Waals surface area (Å²) < 4.78 is 5.56. The van der Waals surface area contributed by atoms with Crippen molar-refractivity contribution in [3.8, 4) is 0 Å². The van der Waals surface area contributed by atoms with Gasteiger partial charge in [-0.25, -0.2) is 0 Å². The van der Waals surface area contributed by atoms with E-state index < -0.39 is 0 Å². The molecule has 100 valence electrons. The third-order valence-electron chi connectivity index (χ3n) is 3.19. The van der Waals surface area contributed by atoms with Gasteiger partial charge in [-0.1, -0.05) is 6.92 Å². The summed E-state index contributed by atoms with van der Waals surface area (Å²) in [5.74, 6) is -0.387. The lowest BCUT2D eigenvalue weighted by molar-refractivity contribution is -0.157. The van der Waals surface area contributed by atoms with Crippen molar-refractivity contribution in [3.63, 3.8) is 0 Å². The minimum absolute atomic E-state index is 0.00134. The standard InChI is InChI=1S/C13H26N2O2/c1-9(8-14)11(16)17-10-6-12(2,3)15-13(4,5)7-10/h9-10,15H,6-8,14H2,1-5H3. The van der Waals surface area contributed by atoms with Crippen LogP contribution in [0.4, 0.5) is 0 Å². The van der Waals surface area contributed by atoms with Crippen molar-refractivity contribution in [2.45, 2.75) is 64.6 Å². The minimum atomic E-state index is -0.212. The second-order valence-corrected chi connectivity index (χ2v) is 6.50. The van der Waals surface area contributed by atoms with Gasteiger partial charge in [0.05, 0.1) is 5.92 Å². The first-order valence-electron chi connectivity index (χ1n) is 6.35. The summed E-state index contributed by atoms with van der Waals surface area (Å²) in [6.45, 7) is 10.7. The van der Waals surface area contributed by atoms with Gasteiger partial charge >= 0.3 is 5.97 Å². The molecular formula is C13H26N2O2. The van der Waals surface area contributed by atoms with Gasteiger partial charge in [-0.2, -0.15) is 0 Å². The summed E-state index contributed by atoms with van der Waals surface area (Å²) in [5, 5.41) is 3.56. The van der Waals surface area contributed by atoms with E-state index in [9.17, 15) is 4.79 Å². The van der Waals surface area contributed by atoms with Crippen molar-refractivity contribution in [2.24, 2.45) is 11.7 Å². The molecular weight excluding hydrogens is 216 g/mol. The number of hydrogen-bond acceptors (Lipinski definition) is 4. The van der Waals surface area contributed by atoms with Gasteiger partial charge in [0.25, 0.3) is 0 Å². The van der Waals surface area contributed by atoms with Gasteiger partial charge in [-0.05, 0) is 27.7 Å². The smallest absolute Gasteiger partial charge is 0.310 e. The maximum absolute atomic E-state index is 11.7. The highest BCUT2D eigenvalue weighted by atomic mass is 16.5. The average molecular weight is 242 g/mol. The molecule has 0 amide bonds. The van der Waals surface area contributed by atoms with Gasteiger partial charge in [0.15, 0.2) is 0 Å². The van der Waals surface area contributed by atoms with Crippen molar-refractivity contribution in [2.75, 3.05) is 6.54 Å². The molecule has 0 bridgehead atoms. The number of hydrogen-bond donors (Lipinski definition) is 2. The van der Waals surface area contributed by atoms with Gasteiger partial charge in [0, 0.05) is 30.5 Å². The summed E-state index contributed by atoms with van der Waals surface area (Å²) in [4.78, 5) is 11.7. The number of ether oxygens (including phenoxy) is 1. The van der Waals surface area contributed by atoms with Gasteiger partial charge in [-0.3, -0.25) is 4.79 Å². The molecule has 1 aliphatic heterocycles. The largest absolute Gasteiger partial charge is 0.462 e. The molecule has 1 aliphatic rings. The third-order valence-corrected chi connectivity index (χ3v) is 3.19. The van der Waals surface area contributed by atoms with Crippen LogP contribution in [0, 0.1) is 5.92 Å². The van der Waals surface area contributed by atoms with E-state index in [-0.39, 0.29) is 29.1 Å². The van der Waals surface area contributed by atoms with Crippen LogP contribution >= 0.6 is 0 Å². The lowest BCUT2D eigenvalue weighted by Gasteiger charge is -2.46. The van der Waals surface area contributed by atoms with Gasteiger partial charge in [0.2, 0.25) is 0 Å². The zero-order valence-electron chi connectivity index (χ0n) is 11.7. The predicted molar refractivity (Wildman–Crippen MR) is 68.6 cm³/mol. The molecule has 1 heterocycles. The number of carbonyl (C=O) groups is 1. The van der Waals surface area contributed by atoms with Crippen molar-refractivity contribution in [1.82, 2.24) is 5.32 Å². The first-order chi connectivity index (χ1) is 7.65. The lowest BCUT2D eigenvalue weighted by Crippen LogP contribution is -2.59. The first-order valence-corrected chi connectivity index (χ1v) is 6.35. The van der Waals surface area contributed by atoms with Crippen molar-refractivity contribution in [3.05, 3.63) is 0 Å². The highest BCUT2D eigenvalue weighted by Gasteiger charge is 2.39. The van der Waals surface area contributed by atoms with Crippen LogP contribution in [0.3, 0.4) is 0 Å². The SMILES string of the molecule is CC(CN)C(=O)OC1CC(C)(C)NC(C)(C)C1. The van der Waals surface area contributed by atoms with Crippen LogP contribution in [0.2, 0.25) is 0 Å². The number of esters is 1. The third kappa shape index (κ3) is 4.28. The van der Waals surface area contributed by atoms with Crippen molar-refractivity contribution < 1.29 is 9.53 Å². The van der Waals surface area contributed by atoms with E-state index in [1.54, 1.807) is 6.92 Å². The van der Waals surface area contributed by atoms with Crippen LogP contribution in [0.1, 0.15) is 47.5 Å². The van der Waals surface area contributed by atoms with Crippen LogP contribution in [0.5, 0.6) is 0 Å². The summed E-state index contributed by atoms with van der Waals surface area (Å²) in [5.41, 5.74) is 5.47. The topological polar surface area (TPSA) is 64.4 Å². The Morgan fingerprint density at radius 2 is 1.82 bits per heavy atom. The summed E-state index contributed by atoms with van der Waals surface area (Å²) >= 11 is 0. The normalized spacial score (nSPS) is 25.3. The quantitative estimate of drug-likeness (QED) is 0.735. The Labute approximate surface area is 104 Å². The molecule has 1 saturated heterocycles. The average Bonchev–Trinajstić information content (AvgIpc) is 2.11. The zero-order valence-corrected chi connectivity index (χ0v) is 11.7. The Morgan fingerprint density at radius 3 is 2.24 bits per heavy atom. The fraction of sp³-hybridized carbons (Fsp3) is 0.923. The second-order valence-electron chi connectivity index (χ2n) is 6.50. The molecule has 0 aromatic rings. The predicted octanol–water partition coefficient (Wildman–Crippen LogP) is 1.43. The first kappa shape index (κ1) is 14.5. The molecule has 3 N–H and O–H groups in total. The Kier molecular flexibility index (Phi) is 4.20. The van der Waals surface area contributed by atoms with Crippen molar-refractivity contribution in [1.29, 1.82) is 0 Å². The molecule has 17 heavy (non-hydrogen) atoms. The summed E-state index contributed by atoms with van der Waals surface area (Å²) in [7, 11) is 0. The van der Waals surface area contributed by atoms with E-state index in [0.29, 0.717) is 6.54 Å². The van der Waals surface area contributed by atoms with Gasteiger partial charge < -0.3 is 15.8 Å². The van der Waals surface area contributed by atoms with Crippen molar-refractivity contribution >= 4 is 5.97 Å². The molecule has 4 heteroatoms. The Hall–Kier alpha value is -0.610. The number of carbonyl (C=O) groups excluding carboxylic acids is 1. The molecule has 1 rings (SSSR count). The zero-order chi connectivity index (χ0) is 13.3. The Bertz CT molecular complexity index is 271. The molecule has 0 aromatic carbocycles. The molecule has 0 saturated carbocycles. The maximum atomic E-state index is 11.7. The number of piperidine rings is 1. The fourth-order valence-corrected chi connectivity index (χ4v) is 2.69. The van der Waals surface area contributed by atoms with Gasteiger partial charge in [0.1, 0.15) is 6.10 Å². The minimum Gasteiger partial charge on any atom is -0.462 e. The van der Waals surface area contributed by atoms with E-state index in [0.717, 1.165) is 12.8 Å². The number of nitrogens with two attached hydrogens (primary N) is 1. The fourth-order valence-electron chi connectivity index (χ4n) is 2.69. The monoisotopic (exact) mass is 242 g/mol. The van der Waals surface area contributed by atoms with E-state index >= 15 is 0 Å². The van der Waals surface area contributed by atoms with E-state index in [4.69, 9.17) is 10.5 Å². The lowest BCUT2D eigenvalue weighted by atomic mass is 9.81. The van der Waals surface area contributed by atoms with Crippen LogP contribution in [0.15, 0.2) is 0 Å². The van der Waals surface area contributed by atoms with Crippen LogP contribution < -0.4 is 11.1 Å². The van der Waals surface area contributed by atoms with Crippen LogP contribution in [-0.4, -0.2) is 29.7 Å². The molecule has 1 atom stereocenters. The molecule has 1 unspecified atom stereocenters.